The van der Waals surface area contributed by atoms with Crippen molar-refractivity contribution in [2.75, 3.05) is 19.6 Å². The second-order valence-corrected chi connectivity index (χ2v) is 7.76. The van der Waals surface area contributed by atoms with Crippen molar-refractivity contribution < 1.29 is 19.5 Å². The minimum absolute atomic E-state index is 0.0884. The minimum Gasteiger partial charge on any atom is -0.481 e. The summed E-state index contributed by atoms with van der Waals surface area (Å²) in [5, 5.41) is 12.5. The molecule has 3 aliphatic rings. The van der Waals surface area contributed by atoms with Crippen LogP contribution in [0, 0.1) is 17.3 Å². The first-order valence-electron chi connectivity index (χ1n) is 9.32. The molecule has 0 bridgehead atoms. The predicted octanol–water partition coefficient (Wildman–Crippen LogP) is 1.79. The molecule has 1 heterocycles. The summed E-state index contributed by atoms with van der Waals surface area (Å²) in [6.45, 7) is 1.45. The van der Waals surface area contributed by atoms with Crippen molar-refractivity contribution in [1.29, 1.82) is 0 Å². The van der Waals surface area contributed by atoms with Gasteiger partial charge in [-0.1, -0.05) is 19.3 Å². The minimum atomic E-state index is -0.800. The SMILES string of the molecule is O=C(NCC1(C(=O)O)CCCCC1)C1CCCN(C(=O)C2CC2)C1. The summed E-state index contributed by atoms with van der Waals surface area (Å²) in [5.41, 5.74) is -0.800. The summed E-state index contributed by atoms with van der Waals surface area (Å²) in [7, 11) is 0. The average Bonchev–Trinajstić information content (AvgIpc) is 3.45. The Labute approximate surface area is 143 Å². The van der Waals surface area contributed by atoms with E-state index in [1.165, 1.54) is 0 Å². The van der Waals surface area contributed by atoms with Gasteiger partial charge in [0.05, 0.1) is 11.3 Å². The molecule has 1 unspecified atom stereocenters. The second kappa shape index (κ2) is 7.11. The Balaban J connectivity index is 1.53. The van der Waals surface area contributed by atoms with Crippen LogP contribution in [0.5, 0.6) is 0 Å². The molecule has 3 fully saturated rings. The Bertz CT molecular complexity index is 509. The number of carbonyl (C=O) groups is 3. The molecule has 2 N–H and O–H groups in total. The van der Waals surface area contributed by atoms with E-state index < -0.39 is 11.4 Å². The number of piperidine rings is 1. The Morgan fingerprint density at radius 1 is 1.00 bits per heavy atom. The molecule has 134 valence electrons. The van der Waals surface area contributed by atoms with E-state index in [2.05, 4.69) is 5.32 Å². The lowest BCUT2D eigenvalue weighted by molar-refractivity contribution is -0.151. The van der Waals surface area contributed by atoms with Crippen LogP contribution < -0.4 is 5.32 Å². The zero-order valence-electron chi connectivity index (χ0n) is 14.3. The van der Waals surface area contributed by atoms with Gasteiger partial charge in [0.2, 0.25) is 11.8 Å². The zero-order valence-corrected chi connectivity index (χ0v) is 14.3. The average molecular weight is 336 g/mol. The van der Waals surface area contributed by atoms with Crippen molar-refractivity contribution in [2.45, 2.75) is 57.8 Å². The molecule has 1 aliphatic heterocycles. The van der Waals surface area contributed by atoms with E-state index in [0.717, 1.165) is 51.5 Å². The van der Waals surface area contributed by atoms with Crippen LogP contribution in [0.4, 0.5) is 0 Å². The van der Waals surface area contributed by atoms with Crippen molar-refractivity contribution in [1.82, 2.24) is 10.2 Å². The van der Waals surface area contributed by atoms with Crippen LogP contribution in [0.1, 0.15) is 57.8 Å². The predicted molar refractivity (Wildman–Crippen MR) is 88.2 cm³/mol. The lowest BCUT2D eigenvalue weighted by Crippen LogP contribution is -2.49. The number of amides is 2. The van der Waals surface area contributed by atoms with E-state index in [9.17, 15) is 19.5 Å². The maximum absolute atomic E-state index is 12.5. The number of likely N-dealkylation sites (tertiary alicyclic amines) is 1. The molecule has 0 radical (unpaired) electrons. The third-order valence-corrected chi connectivity index (χ3v) is 5.90. The molecule has 2 aliphatic carbocycles. The van der Waals surface area contributed by atoms with Gasteiger partial charge in [-0.25, -0.2) is 0 Å². The quantitative estimate of drug-likeness (QED) is 0.801. The first kappa shape index (κ1) is 17.2. The molecule has 0 aromatic rings. The Morgan fingerprint density at radius 2 is 1.71 bits per heavy atom. The number of carboxylic acids is 1. The standard InChI is InChI=1S/C18H28N2O4/c21-15(19-12-18(17(23)24)8-2-1-3-9-18)14-5-4-10-20(11-14)16(22)13-6-7-13/h13-14H,1-12H2,(H,19,21)(H,23,24). The maximum atomic E-state index is 12.5. The molecule has 0 aromatic heterocycles. The highest BCUT2D eigenvalue weighted by atomic mass is 16.4. The number of rotatable bonds is 5. The summed E-state index contributed by atoms with van der Waals surface area (Å²) >= 11 is 0. The zero-order chi connectivity index (χ0) is 17.2. The van der Waals surface area contributed by atoms with Gasteiger partial charge in [-0.05, 0) is 38.5 Å². The number of hydrogen-bond acceptors (Lipinski definition) is 3. The van der Waals surface area contributed by atoms with Gasteiger partial charge >= 0.3 is 5.97 Å². The van der Waals surface area contributed by atoms with Gasteiger partial charge in [-0.2, -0.15) is 0 Å². The third-order valence-electron chi connectivity index (χ3n) is 5.90. The number of hydrogen-bond donors (Lipinski definition) is 2. The van der Waals surface area contributed by atoms with Crippen molar-refractivity contribution >= 4 is 17.8 Å². The first-order valence-corrected chi connectivity index (χ1v) is 9.32. The van der Waals surface area contributed by atoms with Gasteiger partial charge in [-0.3, -0.25) is 14.4 Å². The van der Waals surface area contributed by atoms with E-state index in [0.29, 0.717) is 19.4 Å². The van der Waals surface area contributed by atoms with E-state index >= 15 is 0 Å². The summed E-state index contributed by atoms with van der Waals surface area (Å²) < 4.78 is 0. The lowest BCUT2D eigenvalue weighted by Gasteiger charge is -2.35. The number of carbonyl (C=O) groups excluding carboxylic acids is 2. The van der Waals surface area contributed by atoms with Gasteiger partial charge in [0.1, 0.15) is 0 Å². The van der Waals surface area contributed by atoms with Crippen LogP contribution in [0.3, 0.4) is 0 Å². The molecule has 24 heavy (non-hydrogen) atoms. The fourth-order valence-electron chi connectivity index (χ4n) is 4.08. The molecule has 6 heteroatoms. The highest BCUT2D eigenvalue weighted by Crippen LogP contribution is 2.36. The Kier molecular flexibility index (Phi) is 5.11. The van der Waals surface area contributed by atoms with Crippen molar-refractivity contribution in [3.63, 3.8) is 0 Å². The molecule has 1 atom stereocenters. The highest BCUT2D eigenvalue weighted by Gasteiger charge is 2.41. The summed E-state index contributed by atoms with van der Waals surface area (Å²) in [6.07, 6.45) is 7.76. The van der Waals surface area contributed by atoms with Crippen LogP contribution in [0.2, 0.25) is 0 Å². The molecule has 0 aromatic carbocycles. The Morgan fingerprint density at radius 3 is 2.33 bits per heavy atom. The fraction of sp³-hybridized carbons (Fsp3) is 0.833. The van der Waals surface area contributed by atoms with E-state index in [-0.39, 0.29) is 30.2 Å². The van der Waals surface area contributed by atoms with Gasteiger partial charge in [-0.15, -0.1) is 0 Å². The number of aliphatic carboxylic acids is 1. The van der Waals surface area contributed by atoms with Crippen molar-refractivity contribution in [2.24, 2.45) is 17.3 Å². The van der Waals surface area contributed by atoms with Gasteiger partial charge in [0, 0.05) is 25.6 Å². The maximum Gasteiger partial charge on any atom is 0.311 e. The van der Waals surface area contributed by atoms with E-state index in [4.69, 9.17) is 0 Å². The lowest BCUT2D eigenvalue weighted by atomic mass is 9.74. The molecule has 2 amide bonds. The molecule has 0 spiro atoms. The summed E-state index contributed by atoms with van der Waals surface area (Å²) in [6, 6.07) is 0. The van der Waals surface area contributed by atoms with Crippen LogP contribution in [0.25, 0.3) is 0 Å². The number of carboxylic acid groups (broad SMARTS) is 1. The normalized spacial score (nSPS) is 26.7. The Hall–Kier alpha value is -1.59. The van der Waals surface area contributed by atoms with Gasteiger partial charge in [0.25, 0.3) is 0 Å². The molecular formula is C18H28N2O4. The first-order chi connectivity index (χ1) is 11.5. The van der Waals surface area contributed by atoms with E-state index in [1.807, 2.05) is 4.90 Å². The van der Waals surface area contributed by atoms with Crippen LogP contribution in [0.15, 0.2) is 0 Å². The van der Waals surface area contributed by atoms with Crippen molar-refractivity contribution in [3.8, 4) is 0 Å². The summed E-state index contributed by atoms with van der Waals surface area (Å²) in [4.78, 5) is 38.2. The van der Waals surface area contributed by atoms with Crippen LogP contribution >= 0.6 is 0 Å². The summed E-state index contributed by atoms with van der Waals surface area (Å²) in [5.74, 6) is -0.701. The number of nitrogens with zero attached hydrogens (tertiary/aromatic N) is 1. The molecule has 3 rings (SSSR count). The smallest absolute Gasteiger partial charge is 0.311 e. The van der Waals surface area contributed by atoms with Crippen LogP contribution in [-0.4, -0.2) is 47.4 Å². The third kappa shape index (κ3) is 3.73. The van der Waals surface area contributed by atoms with Crippen molar-refractivity contribution in [3.05, 3.63) is 0 Å². The molecule has 2 saturated carbocycles. The largest absolute Gasteiger partial charge is 0.481 e. The van der Waals surface area contributed by atoms with Crippen LogP contribution in [-0.2, 0) is 14.4 Å². The number of nitrogens with one attached hydrogen (secondary N) is 1. The van der Waals surface area contributed by atoms with Gasteiger partial charge < -0.3 is 15.3 Å². The van der Waals surface area contributed by atoms with E-state index in [1.54, 1.807) is 0 Å². The fourth-order valence-corrected chi connectivity index (χ4v) is 4.08. The topological polar surface area (TPSA) is 86.7 Å². The highest BCUT2D eigenvalue weighted by molar-refractivity contribution is 5.84. The molecule has 6 nitrogen and oxygen atoms in total. The molecule has 1 saturated heterocycles. The van der Waals surface area contributed by atoms with Gasteiger partial charge in [0.15, 0.2) is 0 Å². The monoisotopic (exact) mass is 336 g/mol. The second-order valence-electron chi connectivity index (χ2n) is 7.76. The molecular weight excluding hydrogens is 308 g/mol.